The van der Waals surface area contributed by atoms with E-state index >= 15 is 0 Å². The Morgan fingerprint density at radius 1 is 0.800 bits per heavy atom. The molecule has 0 amide bonds. The second kappa shape index (κ2) is 1.69. The standard InChI is InChI=1S/C12H14O3/c13-11-7-3-4-6(7)10-8(11)5(3)9(4)12(10)14-1-2-15-12/h3-11,13H,1-2H2/t3-,4-,5+,6-,7-,8-,9+,10+,11+/m0/s1. The lowest BCUT2D eigenvalue weighted by Gasteiger charge is -2.62. The van der Waals surface area contributed by atoms with Gasteiger partial charge in [0.05, 0.1) is 19.3 Å². The zero-order chi connectivity index (χ0) is 9.52. The van der Waals surface area contributed by atoms with Crippen LogP contribution in [-0.4, -0.2) is 30.2 Å². The van der Waals surface area contributed by atoms with Crippen molar-refractivity contribution in [3.05, 3.63) is 0 Å². The molecule has 15 heavy (non-hydrogen) atoms. The van der Waals surface area contributed by atoms with Crippen molar-refractivity contribution in [1.82, 2.24) is 0 Å². The third kappa shape index (κ3) is 0.413. The first kappa shape index (κ1) is 7.25. The molecular formula is C12H14O3. The summed E-state index contributed by atoms with van der Waals surface area (Å²) in [5.41, 5.74) is 0. The van der Waals surface area contributed by atoms with Gasteiger partial charge in [0.2, 0.25) is 0 Å². The van der Waals surface area contributed by atoms with Crippen LogP contribution in [0.1, 0.15) is 0 Å². The summed E-state index contributed by atoms with van der Waals surface area (Å²) in [6.45, 7) is 1.55. The fourth-order valence-electron chi connectivity index (χ4n) is 6.97. The molecule has 7 rings (SSSR count). The van der Waals surface area contributed by atoms with Crippen LogP contribution in [0.3, 0.4) is 0 Å². The van der Waals surface area contributed by atoms with E-state index in [1.54, 1.807) is 0 Å². The monoisotopic (exact) mass is 206 g/mol. The Morgan fingerprint density at radius 3 is 2.07 bits per heavy atom. The maximum Gasteiger partial charge on any atom is 0.175 e. The molecule has 3 heteroatoms. The molecule has 0 aromatic rings. The third-order valence-corrected chi connectivity index (χ3v) is 6.78. The summed E-state index contributed by atoms with van der Waals surface area (Å²) >= 11 is 0. The van der Waals surface area contributed by atoms with Gasteiger partial charge in [-0.3, -0.25) is 0 Å². The Balaban J connectivity index is 1.63. The predicted octanol–water partition coefficient (Wildman–Crippen LogP) is 0.0880. The molecule has 1 spiro atoms. The van der Waals surface area contributed by atoms with Gasteiger partial charge in [0.15, 0.2) is 5.79 Å². The van der Waals surface area contributed by atoms with Crippen LogP contribution in [0.5, 0.6) is 0 Å². The van der Waals surface area contributed by atoms with Gasteiger partial charge in [0.1, 0.15) is 0 Å². The molecule has 7 aliphatic rings. The lowest BCUT2D eigenvalue weighted by Crippen LogP contribution is -2.61. The molecule has 3 nitrogen and oxygen atoms in total. The second-order valence-corrected chi connectivity index (χ2v) is 6.42. The van der Waals surface area contributed by atoms with Crippen LogP contribution in [0, 0.1) is 47.3 Å². The lowest BCUT2D eigenvalue weighted by molar-refractivity contribution is -0.229. The highest BCUT2D eigenvalue weighted by Gasteiger charge is 2.94. The summed E-state index contributed by atoms with van der Waals surface area (Å²) in [6.07, 6.45) is -0.0107. The maximum atomic E-state index is 10.3. The summed E-state index contributed by atoms with van der Waals surface area (Å²) in [7, 11) is 0. The van der Waals surface area contributed by atoms with E-state index in [0.717, 1.165) is 36.9 Å². The van der Waals surface area contributed by atoms with Gasteiger partial charge in [-0.05, 0) is 35.5 Å². The molecule has 4 bridgehead atoms. The molecule has 1 aliphatic heterocycles. The Morgan fingerprint density at radius 2 is 1.40 bits per heavy atom. The maximum absolute atomic E-state index is 10.3. The molecular weight excluding hydrogens is 192 g/mol. The normalized spacial score (nSPS) is 77.8. The van der Waals surface area contributed by atoms with E-state index in [2.05, 4.69) is 0 Å². The van der Waals surface area contributed by atoms with Crippen LogP contribution in [0.15, 0.2) is 0 Å². The minimum atomic E-state index is -0.215. The Kier molecular flexibility index (Phi) is 0.819. The van der Waals surface area contributed by atoms with Crippen molar-refractivity contribution in [3.63, 3.8) is 0 Å². The fourth-order valence-corrected chi connectivity index (χ4v) is 6.97. The van der Waals surface area contributed by atoms with Gasteiger partial charge >= 0.3 is 0 Å². The van der Waals surface area contributed by atoms with Gasteiger partial charge in [-0.25, -0.2) is 0 Å². The third-order valence-electron chi connectivity index (χ3n) is 6.78. The topological polar surface area (TPSA) is 38.7 Å². The highest BCUT2D eigenvalue weighted by atomic mass is 16.7. The summed E-state index contributed by atoms with van der Waals surface area (Å²) in [6, 6.07) is 0. The molecule has 0 unspecified atom stereocenters. The highest BCUT2D eigenvalue weighted by Crippen LogP contribution is 2.91. The van der Waals surface area contributed by atoms with Crippen molar-refractivity contribution in [2.24, 2.45) is 47.3 Å². The average Bonchev–Trinajstić information content (AvgIpc) is 2.87. The smallest absolute Gasteiger partial charge is 0.175 e. The Labute approximate surface area is 87.7 Å². The molecule has 6 aliphatic carbocycles. The van der Waals surface area contributed by atoms with E-state index in [4.69, 9.17) is 9.47 Å². The van der Waals surface area contributed by atoms with E-state index in [0.29, 0.717) is 23.7 Å². The van der Waals surface area contributed by atoms with Crippen molar-refractivity contribution in [2.75, 3.05) is 13.2 Å². The number of hydrogen-bond acceptors (Lipinski definition) is 3. The van der Waals surface area contributed by atoms with Crippen LogP contribution < -0.4 is 0 Å². The summed E-state index contributed by atoms with van der Waals surface area (Å²) in [5.74, 6) is 5.46. The van der Waals surface area contributed by atoms with Crippen molar-refractivity contribution < 1.29 is 14.6 Å². The predicted molar refractivity (Wildman–Crippen MR) is 48.6 cm³/mol. The minimum absolute atomic E-state index is 0.0107. The zero-order valence-corrected chi connectivity index (χ0v) is 8.37. The molecule has 80 valence electrons. The summed E-state index contributed by atoms with van der Waals surface area (Å²) in [5, 5.41) is 10.3. The van der Waals surface area contributed by atoms with E-state index in [9.17, 15) is 5.11 Å². The first-order valence-corrected chi connectivity index (χ1v) is 6.32. The zero-order valence-electron chi connectivity index (χ0n) is 8.37. The van der Waals surface area contributed by atoms with Crippen LogP contribution in [-0.2, 0) is 9.47 Å². The van der Waals surface area contributed by atoms with Crippen LogP contribution in [0.4, 0.5) is 0 Å². The first-order chi connectivity index (χ1) is 7.36. The van der Waals surface area contributed by atoms with Gasteiger partial charge in [0.25, 0.3) is 0 Å². The lowest BCUT2D eigenvalue weighted by atomic mass is 9.41. The van der Waals surface area contributed by atoms with Crippen molar-refractivity contribution >= 4 is 0 Å². The van der Waals surface area contributed by atoms with Crippen molar-refractivity contribution in [1.29, 1.82) is 0 Å². The number of aliphatic hydroxyl groups excluding tert-OH is 1. The second-order valence-electron chi connectivity index (χ2n) is 6.42. The van der Waals surface area contributed by atoms with Gasteiger partial charge in [-0.15, -0.1) is 0 Å². The Bertz CT molecular complexity index is 386. The van der Waals surface area contributed by atoms with Crippen LogP contribution >= 0.6 is 0 Å². The van der Waals surface area contributed by atoms with E-state index in [-0.39, 0.29) is 11.9 Å². The Hall–Kier alpha value is -0.120. The molecule has 0 radical (unpaired) electrons. The molecule has 1 heterocycles. The average molecular weight is 206 g/mol. The summed E-state index contributed by atoms with van der Waals surface area (Å²) in [4.78, 5) is 0. The fraction of sp³-hybridized carbons (Fsp3) is 1.00. The molecule has 9 atom stereocenters. The van der Waals surface area contributed by atoms with Gasteiger partial charge in [-0.1, -0.05) is 0 Å². The van der Waals surface area contributed by atoms with Gasteiger partial charge < -0.3 is 14.6 Å². The number of rotatable bonds is 0. The number of ether oxygens (including phenoxy) is 2. The van der Waals surface area contributed by atoms with Crippen molar-refractivity contribution in [3.8, 4) is 0 Å². The van der Waals surface area contributed by atoms with Gasteiger partial charge in [-0.2, -0.15) is 0 Å². The highest BCUT2D eigenvalue weighted by molar-refractivity contribution is 5.39. The van der Waals surface area contributed by atoms with Crippen LogP contribution in [0.2, 0.25) is 0 Å². The molecule has 7 fully saturated rings. The quantitative estimate of drug-likeness (QED) is 0.610. The van der Waals surface area contributed by atoms with Gasteiger partial charge in [0, 0.05) is 11.8 Å². The molecule has 6 saturated carbocycles. The number of hydrogen-bond donors (Lipinski definition) is 1. The SMILES string of the molecule is O[C@@H]1[C@H]2[C@@H]3[C@@H]4[C@H]1[C@H]1[C@H]2[C@H]3[C@H]4C12OCCO2. The van der Waals surface area contributed by atoms with E-state index in [1.165, 1.54) is 0 Å². The van der Waals surface area contributed by atoms with E-state index < -0.39 is 0 Å². The molecule has 1 saturated heterocycles. The molecule has 0 aromatic heterocycles. The summed E-state index contributed by atoms with van der Waals surface area (Å²) < 4.78 is 12.0. The molecule has 1 N–H and O–H groups in total. The minimum Gasteiger partial charge on any atom is -0.393 e. The van der Waals surface area contributed by atoms with Crippen LogP contribution in [0.25, 0.3) is 0 Å². The largest absolute Gasteiger partial charge is 0.393 e. The number of aliphatic hydroxyl groups is 1. The molecule has 0 aromatic carbocycles. The van der Waals surface area contributed by atoms with E-state index in [1.807, 2.05) is 0 Å². The first-order valence-electron chi connectivity index (χ1n) is 6.32. The van der Waals surface area contributed by atoms with Crippen molar-refractivity contribution in [2.45, 2.75) is 11.9 Å².